The van der Waals surface area contributed by atoms with Gasteiger partial charge in [-0.3, -0.25) is 28.7 Å². The van der Waals surface area contributed by atoms with E-state index < -0.39 is 91.6 Å². The summed E-state index contributed by atoms with van der Waals surface area (Å²) in [5, 5.41) is 10.3. The highest BCUT2D eigenvalue weighted by atomic mass is 31.1. The van der Waals surface area contributed by atoms with E-state index in [4.69, 9.17) is 37.5 Å². The number of nitrogens with zero attached hydrogens (tertiary/aromatic N) is 2. The van der Waals surface area contributed by atoms with Gasteiger partial charge >= 0.3 is 25.6 Å². The van der Waals surface area contributed by atoms with Gasteiger partial charge in [0.05, 0.1) is 32.6 Å². The summed E-state index contributed by atoms with van der Waals surface area (Å²) in [4.78, 5) is 67.7. The van der Waals surface area contributed by atoms with Gasteiger partial charge in [-0.25, -0.2) is 14.4 Å². The van der Waals surface area contributed by atoms with Crippen LogP contribution >= 0.6 is 8.25 Å². The van der Waals surface area contributed by atoms with Gasteiger partial charge in [0.2, 0.25) is 0 Å². The largest absolute Gasteiger partial charge is 0.697 e. The van der Waals surface area contributed by atoms with E-state index in [2.05, 4.69) is 9.97 Å². The molecule has 4 aromatic carbocycles. The zero-order chi connectivity index (χ0) is 47.2. The Hall–Kier alpha value is -6.99. The Labute approximate surface area is 382 Å². The third-order valence-corrected chi connectivity index (χ3v) is 12.4. The number of carbonyl (C=O) groups excluding carboxylic acids is 1. The first-order valence-corrected chi connectivity index (χ1v) is 22.1. The normalized spacial score (nSPS) is 20.6. The Kier molecular flexibility index (Phi) is 14.1. The molecule has 1 unspecified atom stereocenters. The number of hydrogen-bond acceptors (Lipinski definition) is 15. The molecule has 7 atom stereocenters. The van der Waals surface area contributed by atoms with Gasteiger partial charge in [-0.2, -0.15) is 0 Å². The molecule has 4 heterocycles. The predicted molar refractivity (Wildman–Crippen MR) is 238 cm³/mol. The number of H-pyrrole nitrogens is 2. The maximum atomic E-state index is 13.9. The van der Waals surface area contributed by atoms with Crippen molar-refractivity contribution in [2.24, 2.45) is 0 Å². The number of ether oxygens (including phenoxy) is 6. The average Bonchev–Trinajstić information content (AvgIpc) is 3.94. The van der Waals surface area contributed by atoms with Crippen molar-refractivity contribution in [2.45, 2.75) is 62.2 Å². The molecule has 0 aliphatic carbocycles. The van der Waals surface area contributed by atoms with E-state index in [1.807, 2.05) is 54.6 Å². The fraction of sp³-hybridized carbons (Fsp3) is 0.298. The quantitative estimate of drug-likeness (QED) is 0.0621. The van der Waals surface area contributed by atoms with E-state index in [-0.39, 0.29) is 30.6 Å². The molecule has 2 aromatic heterocycles. The van der Waals surface area contributed by atoms with Crippen LogP contribution in [0, 0.1) is 6.92 Å². The van der Waals surface area contributed by atoms with Gasteiger partial charge in [0.25, 0.3) is 11.1 Å². The topological polar surface area (TPSA) is 238 Å². The zero-order valence-corrected chi connectivity index (χ0v) is 37.2. The second-order valence-corrected chi connectivity index (χ2v) is 16.6. The number of hydrogen-bond donors (Lipinski definition) is 3. The predicted octanol–water partition coefficient (Wildman–Crippen LogP) is 4.99. The Morgan fingerprint density at radius 3 is 1.79 bits per heavy atom. The molecule has 2 aliphatic rings. The lowest BCUT2D eigenvalue weighted by molar-refractivity contribution is -0.0927. The summed E-state index contributed by atoms with van der Waals surface area (Å²) in [6.45, 7) is 0.817. The molecule has 0 radical (unpaired) electrons. The first-order chi connectivity index (χ1) is 32.4. The summed E-state index contributed by atoms with van der Waals surface area (Å²) in [5.74, 6) is -0.210. The second-order valence-electron chi connectivity index (χ2n) is 15.7. The zero-order valence-electron chi connectivity index (χ0n) is 36.3. The van der Waals surface area contributed by atoms with E-state index in [1.165, 1.54) is 17.7 Å². The lowest BCUT2D eigenvalue weighted by Crippen LogP contribution is -2.38. The minimum Gasteiger partial charge on any atom is -0.502 e. The van der Waals surface area contributed by atoms with Crippen LogP contribution in [-0.4, -0.2) is 82.0 Å². The van der Waals surface area contributed by atoms with Gasteiger partial charge in [-0.05, 0) is 60.0 Å². The molecule has 0 spiro atoms. The van der Waals surface area contributed by atoms with E-state index in [0.29, 0.717) is 22.6 Å². The van der Waals surface area contributed by atoms with Crippen molar-refractivity contribution in [3.05, 3.63) is 191 Å². The summed E-state index contributed by atoms with van der Waals surface area (Å²) in [6, 6.07) is 32.3. The highest BCUT2D eigenvalue weighted by molar-refractivity contribution is 7.33. The maximum absolute atomic E-state index is 13.9. The molecule has 8 rings (SSSR count). The minimum absolute atomic E-state index is 0.0283. The standard InChI is InChI=1S/C47H45N4O15P/c1-28-24-50(45(56)48-42(28)53)40-22-36(65-44(55)29-10-6-4-7-11-29)39(64-40)27-62-67(58)66-37-23-41(51-25-35(52)43(54)49-46(51)57)63-38(37)26-61-47(30-12-8-5-9-13-30,31-14-18-33(59-2)19-15-31)32-16-20-34(60-3)21-17-32/h4-21,24-25,36-41H,22-23,26-27H2,1-3H3,(H2-,48,49,52,53,54,56,57)/p+1/t36-,37-,38+,39+,40+,41+/m0/s1. The smallest absolute Gasteiger partial charge is 0.502 e. The molecular weight excluding hydrogens is 892 g/mol. The Morgan fingerprint density at radius 1 is 0.701 bits per heavy atom. The summed E-state index contributed by atoms with van der Waals surface area (Å²) in [7, 11) is 0.0842. The van der Waals surface area contributed by atoms with E-state index in [0.717, 1.165) is 16.3 Å². The van der Waals surface area contributed by atoms with Gasteiger partial charge in [0.1, 0.15) is 60.6 Å². The third kappa shape index (κ3) is 10.1. The Morgan fingerprint density at radius 2 is 1.21 bits per heavy atom. The first kappa shape index (κ1) is 46.5. The van der Waals surface area contributed by atoms with Gasteiger partial charge in [-0.1, -0.05) is 72.8 Å². The minimum atomic E-state index is -3.03. The first-order valence-electron chi connectivity index (χ1n) is 21.1. The molecule has 20 heteroatoms. The SMILES string of the molecule is COc1ccc(C(OC[C@H]2O[C@@H](n3cc(O)c(=O)[nH]c3=O)C[C@@H]2O[P+](=O)OC[C@H]2O[C@@H](n3cc(C)c(=O)[nH]c3=O)C[C@@H]2OC(=O)c2ccccc2)(c2ccccc2)c2ccc(OC)cc2)cc1. The molecule has 2 fully saturated rings. The van der Waals surface area contributed by atoms with Gasteiger partial charge in [0.15, 0.2) is 5.75 Å². The molecule has 2 aliphatic heterocycles. The third-order valence-electron chi connectivity index (χ3n) is 11.5. The molecule has 6 aromatic rings. The summed E-state index contributed by atoms with van der Waals surface area (Å²) >= 11 is 0. The summed E-state index contributed by atoms with van der Waals surface area (Å²) < 4.78 is 64.3. The van der Waals surface area contributed by atoms with E-state index in [1.54, 1.807) is 68.8 Å². The molecule has 0 saturated carbocycles. The highest BCUT2D eigenvalue weighted by Gasteiger charge is 2.48. The number of aryl methyl sites for hydroxylation is 1. The van der Waals surface area contributed by atoms with Crippen molar-refractivity contribution in [2.75, 3.05) is 27.4 Å². The van der Waals surface area contributed by atoms with Crippen LogP contribution in [0.3, 0.4) is 0 Å². The highest BCUT2D eigenvalue weighted by Crippen LogP contribution is 2.44. The van der Waals surface area contributed by atoms with Crippen LogP contribution in [0.2, 0.25) is 0 Å². The number of rotatable bonds is 17. The molecule has 3 N–H and O–H groups in total. The Bertz CT molecular complexity index is 2890. The summed E-state index contributed by atoms with van der Waals surface area (Å²) in [6.07, 6.45) is -4.34. The molecule has 0 amide bonds. The van der Waals surface area contributed by atoms with E-state index >= 15 is 0 Å². The fourth-order valence-electron chi connectivity index (χ4n) is 8.10. The van der Waals surface area contributed by atoms with Crippen LogP contribution in [0.1, 0.15) is 57.9 Å². The number of nitrogens with one attached hydrogen (secondary N) is 2. The van der Waals surface area contributed by atoms with Gasteiger partial charge < -0.3 is 33.5 Å². The molecule has 67 heavy (non-hydrogen) atoms. The number of esters is 1. The maximum Gasteiger partial charge on any atom is 0.697 e. The van der Waals surface area contributed by atoms with Crippen LogP contribution in [0.25, 0.3) is 0 Å². The van der Waals surface area contributed by atoms with Crippen molar-refractivity contribution in [1.29, 1.82) is 0 Å². The average molecular weight is 938 g/mol. The molecule has 2 saturated heterocycles. The lowest BCUT2D eigenvalue weighted by atomic mass is 9.80. The van der Waals surface area contributed by atoms with Crippen molar-refractivity contribution in [1.82, 2.24) is 19.1 Å². The van der Waals surface area contributed by atoms with Crippen LogP contribution in [-0.2, 0) is 38.2 Å². The molecule has 0 bridgehead atoms. The van der Waals surface area contributed by atoms with Crippen molar-refractivity contribution >= 4 is 14.2 Å². The van der Waals surface area contributed by atoms with Crippen LogP contribution < -0.4 is 32.0 Å². The fourth-order valence-corrected chi connectivity index (χ4v) is 8.87. The number of carbonyl (C=O) groups is 1. The monoisotopic (exact) mass is 937 g/mol. The Balaban J connectivity index is 1.08. The number of methoxy groups -OCH3 is 2. The van der Waals surface area contributed by atoms with Crippen LogP contribution in [0.4, 0.5) is 0 Å². The van der Waals surface area contributed by atoms with Crippen molar-refractivity contribution < 1.29 is 51.9 Å². The molecule has 348 valence electrons. The van der Waals surface area contributed by atoms with Gasteiger partial charge in [-0.15, -0.1) is 9.05 Å². The summed E-state index contributed by atoms with van der Waals surface area (Å²) in [5.41, 5.74) is -1.92. The number of aromatic nitrogens is 4. The second kappa shape index (κ2) is 20.3. The number of benzene rings is 4. The molecular formula is C47H46N4O15P+. The van der Waals surface area contributed by atoms with Gasteiger partial charge in [0, 0.05) is 29.2 Å². The number of aromatic amines is 2. The lowest BCUT2D eigenvalue weighted by Gasteiger charge is -2.37. The van der Waals surface area contributed by atoms with Crippen LogP contribution in [0.5, 0.6) is 17.2 Å². The van der Waals surface area contributed by atoms with Crippen LogP contribution in [0.15, 0.2) is 141 Å². The van der Waals surface area contributed by atoms with Crippen molar-refractivity contribution in [3.63, 3.8) is 0 Å². The number of aromatic hydroxyl groups is 1. The molecule has 19 nitrogen and oxygen atoms in total. The van der Waals surface area contributed by atoms with Crippen molar-refractivity contribution in [3.8, 4) is 17.2 Å². The van der Waals surface area contributed by atoms with E-state index in [9.17, 15) is 33.6 Å².